The molecule has 1 aromatic rings. The van der Waals surface area contributed by atoms with Crippen molar-refractivity contribution >= 4 is 27.5 Å². The van der Waals surface area contributed by atoms with E-state index >= 15 is 0 Å². The van der Waals surface area contributed by atoms with E-state index in [0.717, 1.165) is 10.2 Å². The van der Waals surface area contributed by atoms with E-state index in [-0.39, 0.29) is 5.91 Å². The van der Waals surface area contributed by atoms with Gasteiger partial charge in [-0.3, -0.25) is 4.79 Å². The topological polar surface area (TPSA) is 55.1 Å². The van der Waals surface area contributed by atoms with Crippen molar-refractivity contribution < 1.29 is 4.79 Å². The Morgan fingerprint density at radius 1 is 1.50 bits per heavy atom. The summed E-state index contributed by atoms with van der Waals surface area (Å²) in [5.74, 6) is -0.00366. The van der Waals surface area contributed by atoms with Gasteiger partial charge in [0.1, 0.15) is 0 Å². The zero-order valence-corrected chi connectivity index (χ0v) is 11.2. The van der Waals surface area contributed by atoms with Crippen LogP contribution in [0.1, 0.15) is 20.3 Å². The average molecular weight is 285 g/mol. The minimum Gasteiger partial charge on any atom is -0.330 e. The van der Waals surface area contributed by atoms with Crippen LogP contribution in [0, 0.1) is 5.41 Å². The second-order valence-electron chi connectivity index (χ2n) is 4.39. The van der Waals surface area contributed by atoms with E-state index in [9.17, 15) is 4.79 Å². The molecule has 88 valence electrons. The Balaban J connectivity index is 2.71. The number of hydrogen-bond donors (Lipinski definition) is 2. The van der Waals surface area contributed by atoms with E-state index in [2.05, 4.69) is 21.2 Å². The highest BCUT2D eigenvalue weighted by molar-refractivity contribution is 9.10. The summed E-state index contributed by atoms with van der Waals surface area (Å²) in [4.78, 5) is 12.0. The molecule has 0 radical (unpaired) electrons. The number of nitrogens with two attached hydrogens (primary N) is 1. The molecule has 0 aromatic heterocycles. The first-order valence-corrected chi connectivity index (χ1v) is 6.02. The molecule has 0 fully saturated rings. The van der Waals surface area contributed by atoms with Crippen molar-refractivity contribution in [1.82, 2.24) is 0 Å². The zero-order valence-electron chi connectivity index (χ0n) is 9.59. The molecule has 0 heterocycles. The largest absolute Gasteiger partial charge is 0.330 e. The fourth-order valence-electron chi connectivity index (χ4n) is 1.34. The minimum atomic E-state index is -0.433. The summed E-state index contributed by atoms with van der Waals surface area (Å²) in [6, 6.07) is 7.54. The lowest BCUT2D eigenvalue weighted by molar-refractivity contribution is -0.124. The predicted octanol–water partition coefficient (Wildman–Crippen LogP) is 2.76. The number of halogens is 1. The van der Waals surface area contributed by atoms with Gasteiger partial charge in [0.25, 0.3) is 0 Å². The Morgan fingerprint density at radius 2 is 2.19 bits per heavy atom. The maximum atomic E-state index is 12.0. The Hall–Kier alpha value is -0.870. The lowest BCUT2D eigenvalue weighted by Crippen LogP contribution is -2.32. The fraction of sp³-hybridized carbons (Fsp3) is 0.417. The fourth-order valence-corrected chi connectivity index (χ4v) is 1.74. The van der Waals surface area contributed by atoms with Crippen molar-refractivity contribution in [2.45, 2.75) is 20.3 Å². The standard InChI is InChI=1S/C12H17BrN2O/c1-12(2,6-7-14)11(16)15-10-5-3-4-9(13)8-10/h3-5,8H,6-7,14H2,1-2H3,(H,15,16). The Kier molecular flexibility index (Phi) is 4.50. The van der Waals surface area contributed by atoms with E-state index in [1.807, 2.05) is 38.1 Å². The van der Waals surface area contributed by atoms with Gasteiger partial charge in [-0.2, -0.15) is 0 Å². The summed E-state index contributed by atoms with van der Waals surface area (Å²) in [6.07, 6.45) is 0.673. The van der Waals surface area contributed by atoms with Crippen LogP contribution in [-0.4, -0.2) is 12.5 Å². The van der Waals surface area contributed by atoms with Crippen LogP contribution in [0.25, 0.3) is 0 Å². The van der Waals surface area contributed by atoms with E-state index in [1.165, 1.54) is 0 Å². The zero-order chi connectivity index (χ0) is 12.2. The van der Waals surface area contributed by atoms with Crippen LogP contribution in [0.4, 0.5) is 5.69 Å². The van der Waals surface area contributed by atoms with Gasteiger partial charge < -0.3 is 11.1 Å². The van der Waals surface area contributed by atoms with Gasteiger partial charge in [0, 0.05) is 15.6 Å². The second-order valence-corrected chi connectivity index (χ2v) is 5.30. The molecule has 3 N–H and O–H groups in total. The maximum Gasteiger partial charge on any atom is 0.230 e. The third-order valence-corrected chi connectivity index (χ3v) is 2.96. The molecule has 1 aromatic carbocycles. The molecular weight excluding hydrogens is 268 g/mol. The number of rotatable bonds is 4. The molecule has 0 unspecified atom stereocenters. The lowest BCUT2D eigenvalue weighted by atomic mass is 9.88. The van der Waals surface area contributed by atoms with Crippen molar-refractivity contribution in [2.75, 3.05) is 11.9 Å². The van der Waals surface area contributed by atoms with Crippen molar-refractivity contribution in [2.24, 2.45) is 11.1 Å². The number of benzene rings is 1. The van der Waals surface area contributed by atoms with Crippen LogP contribution in [0.2, 0.25) is 0 Å². The SMILES string of the molecule is CC(C)(CCN)C(=O)Nc1cccc(Br)c1. The van der Waals surface area contributed by atoms with Gasteiger partial charge >= 0.3 is 0 Å². The molecule has 0 aliphatic heterocycles. The van der Waals surface area contributed by atoms with Gasteiger partial charge in [0.05, 0.1) is 0 Å². The molecule has 0 aliphatic rings. The summed E-state index contributed by atoms with van der Waals surface area (Å²) >= 11 is 3.36. The minimum absolute atomic E-state index is 0.00366. The van der Waals surface area contributed by atoms with E-state index in [4.69, 9.17) is 5.73 Å². The highest BCUT2D eigenvalue weighted by Gasteiger charge is 2.26. The third-order valence-electron chi connectivity index (χ3n) is 2.47. The summed E-state index contributed by atoms with van der Waals surface area (Å²) in [7, 11) is 0. The molecule has 0 saturated carbocycles. The van der Waals surface area contributed by atoms with Crippen LogP contribution in [0.3, 0.4) is 0 Å². The van der Waals surface area contributed by atoms with Crippen LogP contribution in [-0.2, 0) is 4.79 Å². The Bertz CT molecular complexity index is 377. The molecule has 3 nitrogen and oxygen atoms in total. The number of carbonyl (C=O) groups excluding carboxylic acids is 1. The molecular formula is C12H17BrN2O. The number of carbonyl (C=O) groups is 1. The van der Waals surface area contributed by atoms with Gasteiger partial charge in [-0.05, 0) is 31.2 Å². The maximum absolute atomic E-state index is 12.0. The number of amides is 1. The lowest BCUT2D eigenvalue weighted by Gasteiger charge is -2.22. The van der Waals surface area contributed by atoms with Gasteiger partial charge in [-0.15, -0.1) is 0 Å². The Morgan fingerprint density at radius 3 is 2.75 bits per heavy atom. The smallest absolute Gasteiger partial charge is 0.230 e. The van der Waals surface area contributed by atoms with Gasteiger partial charge in [0.15, 0.2) is 0 Å². The first kappa shape index (κ1) is 13.2. The summed E-state index contributed by atoms with van der Waals surface area (Å²) in [5.41, 5.74) is 5.84. The van der Waals surface area contributed by atoms with Crippen LogP contribution in [0.5, 0.6) is 0 Å². The molecule has 0 bridgehead atoms. The predicted molar refractivity (Wildman–Crippen MR) is 70.2 cm³/mol. The Labute approximate surface area is 105 Å². The van der Waals surface area contributed by atoms with Crippen molar-refractivity contribution in [1.29, 1.82) is 0 Å². The first-order chi connectivity index (χ1) is 7.45. The summed E-state index contributed by atoms with van der Waals surface area (Å²) in [6.45, 7) is 4.30. The van der Waals surface area contributed by atoms with Crippen LogP contribution in [0.15, 0.2) is 28.7 Å². The summed E-state index contributed by atoms with van der Waals surface area (Å²) in [5, 5.41) is 2.88. The quantitative estimate of drug-likeness (QED) is 0.893. The van der Waals surface area contributed by atoms with Crippen LogP contribution >= 0.6 is 15.9 Å². The summed E-state index contributed by atoms with van der Waals surface area (Å²) < 4.78 is 0.946. The van der Waals surface area contributed by atoms with Crippen molar-refractivity contribution in [3.8, 4) is 0 Å². The monoisotopic (exact) mass is 284 g/mol. The van der Waals surface area contributed by atoms with E-state index in [0.29, 0.717) is 13.0 Å². The normalized spacial score (nSPS) is 11.2. The molecule has 1 rings (SSSR count). The highest BCUT2D eigenvalue weighted by atomic mass is 79.9. The van der Waals surface area contributed by atoms with E-state index in [1.54, 1.807) is 0 Å². The van der Waals surface area contributed by atoms with Gasteiger partial charge in [-0.1, -0.05) is 35.8 Å². The van der Waals surface area contributed by atoms with Crippen LogP contribution < -0.4 is 11.1 Å². The van der Waals surface area contributed by atoms with Crippen molar-refractivity contribution in [3.63, 3.8) is 0 Å². The van der Waals surface area contributed by atoms with Gasteiger partial charge in [-0.25, -0.2) is 0 Å². The first-order valence-electron chi connectivity index (χ1n) is 5.23. The molecule has 16 heavy (non-hydrogen) atoms. The molecule has 4 heteroatoms. The molecule has 1 amide bonds. The van der Waals surface area contributed by atoms with E-state index < -0.39 is 5.41 Å². The number of nitrogens with one attached hydrogen (secondary N) is 1. The molecule has 0 spiro atoms. The molecule has 0 atom stereocenters. The third kappa shape index (κ3) is 3.61. The second kappa shape index (κ2) is 5.46. The van der Waals surface area contributed by atoms with Crippen molar-refractivity contribution in [3.05, 3.63) is 28.7 Å². The highest BCUT2D eigenvalue weighted by Crippen LogP contribution is 2.23. The average Bonchev–Trinajstić information content (AvgIpc) is 2.17. The number of hydrogen-bond acceptors (Lipinski definition) is 2. The number of anilines is 1. The van der Waals surface area contributed by atoms with Gasteiger partial charge in [0.2, 0.25) is 5.91 Å². The molecule has 0 saturated heterocycles. The molecule has 0 aliphatic carbocycles.